The Labute approximate surface area is 139 Å². The van der Waals surface area contributed by atoms with Gasteiger partial charge in [0.2, 0.25) is 5.89 Å². The first kappa shape index (κ1) is 15.3. The highest BCUT2D eigenvalue weighted by atomic mass is 32.2. The van der Waals surface area contributed by atoms with Gasteiger partial charge in [0.05, 0.1) is 12.1 Å². The van der Waals surface area contributed by atoms with Gasteiger partial charge >= 0.3 is 0 Å². The van der Waals surface area contributed by atoms with Crippen LogP contribution in [0, 0.1) is 0 Å². The van der Waals surface area contributed by atoms with Crippen molar-refractivity contribution in [3.63, 3.8) is 0 Å². The molecule has 126 valence electrons. The Kier molecular flexibility index (Phi) is 3.26. The van der Waals surface area contributed by atoms with Crippen LogP contribution in [0.1, 0.15) is 36.5 Å². The minimum atomic E-state index is -3.65. The predicted molar refractivity (Wildman–Crippen MR) is 85.6 cm³/mol. The number of hydrogen-bond donors (Lipinski definition) is 1. The summed E-state index contributed by atoms with van der Waals surface area (Å²) < 4.78 is 33.4. The molecule has 0 atom stereocenters. The Morgan fingerprint density at radius 2 is 2.08 bits per heavy atom. The van der Waals surface area contributed by atoms with Crippen molar-refractivity contribution in [1.82, 2.24) is 15.0 Å². The van der Waals surface area contributed by atoms with Crippen molar-refractivity contribution in [1.29, 1.82) is 0 Å². The molecule has 2 heterocycles. The van der Waals surface area contributed by atoms with Gasteiger partial charge in [0.25, 0.3) is 10.0 Å². The molecule has 1 aromatic carbocycles. The SMILES string of the molecule is CN(Cc1nc(C2(N)CCC2)no1)C1=NS(=O)(=O)c2ccccc21. The number of benzene rings is 1. The number of aromatic nitrogens is 2. The van der Waals surface area contributed by atoms with E-state index in [1.807, 2.05) is 0 Å². The Bertz CT molecular complexity index is 930. The summed E-state index contributed by atoms with van der Waals surface area (Å²) in [7, 11) is -1.91. The van der Waals surface area contributed by atoms with Crippen LogP contribution in [0.3, 0.4) is 0 Å². The van der Waals surface area contributed by atoms with Crippen molar-refractivity contribution in [2.24, 2.45) is 10.1 Å². The van der Waals surface area contributed by atoms with E-state index in [0.717, 1.165) is 19.3 Å². The van der Waals surface area contributed by atoms with Crippen LogP contribution in [0.5, 0.6) is 0 Å². The van der Waals surface area contributed by atoms with E-state index in [1.165, 1.54) is 0 Å². The number of amidine groups is 1. The maximum absolute atomic E-state index is 12.1. The predicted octanol–water partition coefficient (Wildman–Crippen LogP) is 0.988. The van der Waals surface area contributed by atoms with Gasteiger partial charge in [-0.15, -0.1) is 4.40 Å². The molecule has 2 aliphatic rings. The monoisotopic (exact) mass is 347 g/mol. The van der Waals surface area contributed by atoms with E-state index in [2.05, 4.69) is 14.5 Å². The van der Waals surface area contributed by atoms with Crippen molar-refractivity contribution in [3.8, 4) is 0 Å². The van der Waals surface area contributed by atoms with Crippen LogP contribution in [0.4, 0.5) is 0 Å². The van der Waals surface area contributed by atoms with Gasteiger partial charge in [0, 0.05) is 12.6 Å². The molecule has 0 radical (unpaired) electrons. The lowest BCUT2D eigenvalue weighted by Gasteiger charge is -2.34. The number of fused-ring (bicyclic) bond motifs is 1. The third-order valence-electron chi connectivity index (χ3n) is 4.51. The molecular formula is C15H17N5O3S. The van der Waals surface area contributed by atoms with Crippen molar-refractivity contribution in [2.75, 3.05) is 7.05 Å². The molecule has 4 rings (SSSR count). The van der Waals surface area contributed by atoms with Crippen LogP contribution in [0.25, 0.3) is 0 Å². The first-order valence-corrected chi connectivity index (χ1v) is 9.10. The van der Waals surface area contributed by atoms with E-state index in [-0.39, 0.29) is 11.4 Å². The van der Waals surface area contributed by atoms with Gasteiger partial charge in [0.15, 0.2) is 11.7 Å². The molecule has 9 heteroatoms. The molecule has 2 N–H and O–H groups in total. The minimum Gasteiger partial charge on any atom is -0.349 e. The second-order valence-corrected chi connectivity index (χ2v) is 7.84. The third-order valence-corrected chi connectivity index (χ3v) is 5.83. The fourth-order valence-electron chi connectivity index (χ4n) is 2.94. The first-order valence-electron chi connectivity index (χ1n) is 7.66. The first-order chi connectivity index (χ1) is 11.4. The fourth-order valence-corrected chi connectivity index (χ4v) is 4.20. The maximum Gasteiger partial charge on any atom is 0.285 e. The van der Waals surface area contributed by atoms with E-state index in [0.29, 0.717) is 23.1 Å². The highest BCUT2D eigenvalue weighted by Crippen LogP contribution is 2.37. The minimum absolute atomic E-state index is 0.216. The maximum atomic E-state index is 12.1. The average molecular weight is 347 g/mol. The van der Waals surface area contributed by atoms with E-state index in [9.17, 15) is 8.42 Å². The van der Waals surface area contributed by atoms with Crippen LogP contribution in [-0.4, -0.2) is 36.3 Å². The van der Waals surface area contributed by atoms with Gasteiger partial charge < -0.3 is 15.2 Å². The van der Waals surface area contributed by atoms with Crippen molar-refractivity contribution < 1.29 is 12.9 Å². The zero-order chi connectivity index (χ0) is 16.9. The summed E-state index contributed by atoms with van der Waals surface area (Å²) in [5.74, 6) is 1.27. The lowest BCUT2D eigenvalue weighted by molar-refractivity contribution is 0.228. The molecule has 24 heavy (non-hydrogen) atoms. The molecule has 1 fully saturated rings. The molecule has 1 saturated carbocycles. The number of sulfonamides is 1. The van der Waals surface area contributed by atoms with Crippen LogP contribution in [0.15, 0.2) is 38.1 Å². The molecular weight excluding hydrogens is 330 g/mol. The lowest BCUT2D eigenvalue weighted by Crippen LogP contribution is -2.44. The van der Waals surface area contributed by atoms with Gasteiger partial charge in [-0.3, -0.25) is 0 Å². The molecule has 0 bridgehead atoms. The molecule has 0 unspecified atom stereocenters. The summed E-state index contributed by atoms with van der Waals surface area (Å²) in [4.78, 5) is 6.26. The molecule has 8 nitrogen and oxygen atoms in total. The number of nitrogens with two attached hydrogens (primary N) is 1. The Balaban J connectivity index is 1.58. The summed E-state index contributed by atoms with van der Waals surface area (Å²) in [6.07, 6.45) is 2.76. The summed E-state index contributed by atoms with van der Waals surface area (Å²) in [6, 6.07) is 6.74. The lowest BCUT2D eigenvalue weighted by atomic mass is 9.77. The average Bonchev–Trinajstić information content (AvgIpc) is 3.09. The third kappa shape index (κ3) is 2.31. The zero-order valence-electron chi connectivity index (χ0n) is 13.1. The molecule has 2 aromatic rings. The quantitative estimate of drug-likeness (QED) is 0.880. The van der Waals surface area contributed by atoms with Gasteiger partial charge in [-0.1, -0.05) is 17.3 Å². The van der Waals surface area contributed by atoms with Crippen LogP contribution in [0.2, 0.25) is 0 Å². The summed E-state index contributed by atoms with van der Waals surface area (Å²) in [5.41, 5.74) is 6.28. The van der Waals surface area contributed by atoms with Crippen molar-refractivity contribution in [3.05, 3.63) is 41.5 Å². The van der Waals surface area contributed by atoms with Gasteiger partial charge in [-0.2, -0.15) is 13.4 Å². The van der Waals surface area contributed by atoms with E-state index >= 15 is 0 Å². The molecule has 0 amide bonds. The molecule has 1 aliphatic heterocycles. The summed E-state index contributed by atoms with van der Waals surface area (Å²) >= 11 is 0. The van der Waals surface area contributed by atoms with Crippen molar-refractivity contribution >= 4 is 15.9 Å². The Hall–Kier alpha value is -2.26. The smallest absolute Gasteiger partial charge is 0.285 e. The van der Waals surface area contributed by atoms with E-state index in [4.69, 9.17) is 10.3 Å². The Morgan fingerprint density at radius 3 is 2.79 bits per heavy atom. The second kappa shape index (κ2) is 5.12. The van der Waals surface area contributed by atoms with Crippen LogP contribution < -0.4 is 5.73 Å². The molecule has 1 aliphatic carbocycles. The summed E-state index contributed by atoms with van der Waals surface area (Å²) in [5, 5.41) is 3.97. The zero-order valence-corrected chi connectivity index (χ0v) is 14.0. The summed E-state index contributed by atoms with van der Waals surface area (Å²) in [6.45, 7) is 0.256. The normalized spacial score (nSPS) is 20.2. The van der Waals surface area contributed by atoms with Gasteiger partial charge in [-0.05, 0) is 31.4 Å². The number of hydrogen-bond acceptors (Lipinski definition) is 7. The van der Waals surface area contributed by atoms with Crippen LogP contribution in [-0.2, 0) is 22.1 Å². The number of nitrogens with zero attached hydrogens (tertiary/aromatic N) is 4. The fraction of sp³-hybridized carbons (Fsp3) is 0.400. The standard InChI is InChI=1S/C15H17N5O3S/c1-20(9-12-17-14(18-23-12)15(16)7-4-8-15)13-10-5-2-3-6-11(10)24(21,22)19-13/h2-3,5-6H,4,7-9,16H2,1H3. The largest absolute Gasteiger partial charge is 0.349 e. The van der Waals surface area contributed by atoms with Gasteiger partial charge in [0.1, 0.15) is 4.90 Å². The number of rotatable bonds is 3. The van der Waals surface area contributed by atoms with Crippen molar-refractivity contribution in [2.45, 2.75) is 36.2 Å². The van der Waals surface area contributed by atoms with E-state index in [1.54, 1.807) is 36.2 Å². The molecule has 0 spiro atoms. The second-order valence-electron chi connectivity index (χ2n) is 6.26. The highest BCUT2D eigenvalue weighted by molar-refractivity contribution is 7.90. The van der Waals surface area contributed by atoms with E-state index < -0.39 is 15.6 Å². The molecule has 0 saturated heterocycles. The molecule has 1 aromatic heterocycles. The Morgan fingerprint density at radius 1 is 1.33 bits per heavy atom. The van der Waals surface area contributed by atoms with Gasteiger partial charge in [-0.25, -0.2) is 0 Å². The van der Waals surface area contributed by atoms with Crippen LogP contribution >= 0.6 is 0 Å². The topological polar surface area (TPSA) is 115 Å². The highest BCUT2D eigenvalue weighted by Gasteiger charge is 2.39.